The summed E-state index contributed by atoms with van der Waals surface area (Å²) in [4.78, 5) is 6.73. The molecular formula is C11H21ClN4O. The van der Waals surface area contributed by atoms with E-state index in [1.54, 1.807) is 0 Å². The van der Waals surface area contributed by atoms with Crippen molar-refractivity contribution in [2.24, 2.45) is 5.92 Å². The van der Waals surface area contributed by atoms with Crippen molar-refractivity contribution in [2.75, 3.05) is 26.7 Å². The van der Waals surface area contributed by atoms with Crippen molar-refractivity contribution in [1.82, 2.24) is 20.4 Å². The molecule has 17 heavy (non-hydrogen) atoms. The number of hydrogen-bond donors (Lipinski definition) is 1. The van der Waals surface area contributed by atoms with Crippen molar-refractivity contribution in [3.05, 3.63) is 11.7 Å². The van der Waals surface area contributed by atoms with Gasteiger partial charge in [-0.2, -0.15) is 4.98 Å². The van der Waals surface area contributed by atoms with Gasteiger partial charge in [0.1, 0.15) is 0 Å². The zero-order chi connectivity index (χ0) is 11.5. The number of piperazine rings is 1. The van der Waals surface area contributed by atoms with E-state index < -0.39 is 0 Å². The summed E-state index contributed by atoms with van der Waals surface area (Å²) in [5.74, 6) is 2.12. The lowest BCUT2D eigenvalue weighted by molar-refractivity contribution is 0.190. The highest BCUT2D eigenvalue weighted by Gasteiger charge is 2.25. The number of nitrogens with one attached hydrogen (secondary N) is 1. The Kier molecular flexibility index (Phi) is 5.36. The van der Waals surface area contributed by atoms with Crippen LogP contribution in [0.4, 0.5) is 0 Å². The molecule has 0 radical (unpaired) electrons. The van der Waals surface area contributed by atoms with Crippen LogP contribution in [0.3, 0.4) is 0 Å². The molecule has 0 saturated carbocycles. The third kappa shape index (κ3) is 3.66. The van der Waals surface area contributed by atoms with Crippen LogP contribution in [0, 0.1) is 5.92 Å². The fourth-order valence-electron chi connectivity index (χ4n) is 1.93. The van der Waals surface area contributed by atoms with Crippen LogP contribution in [-0.4, -0.2) is 41.7 Å². The summed E-state index contributed by atoms with van der Waals surface area (Å²) in [5, 5.41) is 7.43. The summed E-state index contributed by atoms with van der Waals surface area (Å²) in [6, 6.07) is 0.249. The maximum Gasteiger partial charge on any atom is 0.226 e. The van der Waals surface area contributed by atoms with Gasteiger partial charge in [0, 0.05) is 26.1 Å². The molecule has 1 saturated heterocycles. The predicted octanol–water partition coefficient (Wildman–Crippen LogP) is 1.27. The third-order valence-electron chi connectivity index (χ3n) is 2.88. The van der Waals surface area contributed by atoms with E-state index in [1.165, 1.54) is 0 Å². The zero-order valence-electron chi connectivity index (χ0n) is 10.6. The van der Waals surface area contributed by atoms with E-state index in [2.05, 4.69) is 41.3 Å². The van der Waals surface area contributed by atoms with Gasteiger partial charge in [0.05, 0.1) is 6.04 Å². The normalized spacial score (nSPS) is 21.5. The van der Waals surface area contributed by atoms with Crippen LogP contribution in [-0.2, 0) is 6.42 Å². The minimum absolute atomic E-state index is 0. The lowest BCUT2D eigenvalue weighted by Crippen LogP contribution is -2.44. The van der Waals surface area contributed by atoms with Crippen molar-refractivity contribution >= 4 is 12.4 Å². The molecule has 2 heterocycles. The summed E-state index contributed by atoms with van der Waals surface area (Å²) < 4.78 is 5.26. The number of halogens is 1. The summed E-state index contributed by atoms with van der Waals surface area (Å²) in [5.41, 5.74) is 0. The molecule has 2 rings (SSSR count). The van der Waals surface area contributed by atoms with Crippen LogP contribution in [0.1, 0.15) is 31.6 Å². The molecule has 0 spiro atoms. The second-order valence-corrected chi connectivity index (χ2v) is 4.84. The van der Waals surface area contributed by atoms with Crippen LogP contribution in [0.25, 0.3) is 0 Å². The molecule has 1 aromatic rings. The first kappa shape index (κ1) is 14.4. The third-order valence-corrected chi connectivity index (χ3v) is 2.88. The summed E-state index contributed by atoms with van der Waals surface area (Å²) >= 11 is 0. The molecule has 0 aliphatic carbocycles. The lowest BCUT2D eigenvalue weighted by atomic mass is 10.1. The Bertz CT molecular complexity index is 342. The van der Waals surface area contributed by atoms with Gasteiger partial charge in [0.2, 0.25) is 5.89 Å². The predicted molar refractivity (Wildman–Crippen MR) is 68.3 cm³/mol. The first-order valence-corrected chi connectivity index (χ1v) is 5.90. The Hall–Kier alpha value is -0.650. The highest BCUT2D eigenvalue weighted by Crippen LogP contribution is 2.18. The average Bonchev–Trinajstić information content (AvgIpc) is 2.66. The first-order valence-electron chi connectivity index (χ1n) is 5.90. The molecule has 1 unspecified atom stereocenters. The van der Waals surface area contributed by atoms with E-state index in [-0.39, 0.29) is 18.4 Å². The molecule has 5 nitrogen and oxygen atoms in total. The van der Waals surface area contributed by atoms with Gasteiger partial charge in [-0.15, -0.1) is 12.4 Å². The molecular weight excluding hydrogens is 240 g/mol. The van der Waals surface area contributed by atoms with Crippen molar-refractivity contribution in [2.45, 2.75) is 26.3 Å². The minimum atomic E-state index is 0. The number of rotatable bonds is 3. The largest absolute Gasteiger partial charge is 0.339 e. The van der Waals surface area contributed by atoms with Gasteiger partial charge >= 0.3 is 0 Å². The van der Waals surface area contributed by atoms with Gasteiger partial charge in [-0.25, -0.2) is 0 Å². The molecule has 1 N–H and O–H groups in total. The summed E-state index contributed by atoms with van der Waals surface area (Å²) in [7, 11) is 2.10. The smallest absolute Gasteiger partial charge is 0.226 e. The standard InChI is InChI=1S/C11H20N4O.ClH/c1-8(2)6-10-13-11(14-16-10)9-7-12-4-5-15(9)3;/h8-9,12H,4-7H2,1-3H3;1H. The van der Waals surface area contributed by atoms with E-state index in [4.69, 9.17) is 4.52 Å². The number of nitrogens with zero attached hydrogens (tertiary/aromatic N) is 3. The maximum absolute atomic E-state index is 5.26. The highest BCUT2D eigenvalue weighted by molar-refractivity contribution is 5.85. The Labute approximate surface area is 108 Å². The highest BCUT2D eigenvalue weighted by atomic mass is 35.5. The second-order valence-electron chi connectivity index (χ2n) is 4.84. The summed E-state index contributed by atoms with van der Waals surface area (Å²) in [6.45, 7) is 7.26. The monoisotopic (exact) mass is 260 g/mol. The Morgan fingerprint density at radius 2 is 2.29 bits per heavy atom. The lowest BCUT2D eigenvalue weighted by Gasteiger charge is -2.30. The average molecular weight is 261 g/mol. The number of likely N-dealkylation sites (N-methyl/N-ethyl adjacent to an activating group) is 1. The first-order chi connectivity index (χ1) is 7.66. The molecule has 1 aliphatic heterocycles. The van der Waals surface area contributed by atoms with Gasteiger partial charge in [0.15, 0.2) is 5.82 Å². The molecule has 1 aromatic heterocycles. The number of aromatic nitrogens is 2. The van der Waals surface area contributed by atoms with E-state index in [0.717, 1.165) is 37.8 Å². The van der Waals surface area contributed by atoms with Crippen LogP contribution in [0.5, 0.6) is 0 Å². The minimum Gasteiger partial charge on any atom is -0.339 e. The molecule has 0 bridgehead atoms. The molecule has 0 amide bonds. The van der Waals surface area contributed by atoms with Crippen LogP contribution in [0.2, 0.25) is 0 Å². The van der Waals surface area contributed by atoms with Crippen molar-refractivity contribution in [3.8, 4) is 0 Å². The molecule has 1 atom stereocenters. The van der Waals surface area contributed by atoms with Gasteiger partial charge in [0.25, 0.3) is 0 Å². The van der Waals surface area contributed by atoms with E-state index >= 15 is 0 Å². The van der Waals surface area contributed by atoms with E-state index in [1.807, 2.05) is 0 Å². The molecule has 6 heteroatoms. The zero-order valence-corrected chi connectivity index (χ0v) is 11.5. The van der Waals surface area contributed by atoms with Crippen molar-refractivity contribution < 1.29 is 4.52 Å². The maximum atomic E-state index is 5.26. The van der Waals surface area contributed by atoms with Crippen LogP contribution < -0.4 is 5.32 Å². The van der Waals surface area contributed by atoms with Gasteiger partial charge in [-0.05, 0) is 13.0 Å². The van der Waals surface area contributed by atoms with Gasteiger partial charge < -0.3 is 9.84 Å². The van der Waals surface area contributed by atoms with Crippen LogP contribution in [0.15, 0.2) is 4.52 Å². The fourth-order valence-corrected chi connectivity index (χ4v) is 1.93. The summed E-state index contributed by atoms with van der Waals surface area (Å²) in [6.07, 6.45) is 0.858. The van der Waals surface area contributed by atoms with E-state index in [9.17, 15) is 0 Å². The molecule has 1 fully saturated rings. The van der Waals surface area contributed by atoms with Gasteiger partial charge in [-0.1, -0.05) is 19.0 Å². The molecule has 98 valence electrons. The van der Waals surface area contributed by atoms with Crippen molar-refractivity contribution in [3.63, 3.8) is 0 Å². The number of hydrogen-bond acceptors (Lipinski definition) is 5. The topological polar surface area (TPSA) is 54.2 Å². The van der Waals surface area contributed by atoms with E-state index in [0.29, 0.717) is 5.92 Å². The van der Waals surface area contributed by atoms with Crippen LogP contribution >= 0.6 is 12.4 Å². The van der Waals surface area contributed by atoms with Crippen molar-refractivity contribution in [1.29, 1.82) is 0 Å². The Morgan fingerprint density at radius 1 is 1.53 bits per heavy atom. The molecule has 1 aliphatic rings. The Balaban J connectivity index is 0.00000144. The molecule has 0 aromatic carbocycles. The fraction of sp³-hybridized carbons (Fsp3) is 0.818. The quantitative estimate of drug-likeness (QED) is 0.887. The Morgan fingerprint density at radius 3 is 2.94 bits per heavy atom. The SMILES string of the molecule is CC(C)Cc1nc(C2CNCCN2C)no1.Cl. The second kappa shape index (κ2) is 6.33. The van der Waals surface area contributed by atoms with Gasteiger partial charge in [-0.3, -0.25) is 4.90 Å².